The van der Waals surface area contributed by atoms with Crippen molar-refractivity contribution in [2.75, 3.05) is 0 Å². The standard InChI is InChI=1S/C48H30N2O2/c1-2-11-30(12-3-1)50-40-18-7-4-13-33(40)36-17-10-16-32(47(36)50)29-21-24-41-39(27-29)46-42(25-23-37-34-14-5-9-20-44(34)52-48(37)46)49(41)31-22-26-45-38(28-31)35-15-6-8-19-43(35)51-45/h1-4,6-13,15-28H,5,14H2. The van der Waals surface area contributed by atoms with Crippen LogP contribution in [0.4, 0.5) is 0 Å². The number of hydrogen-bond acceptors (Lipinski definition) is 2. The second-order valence-corrected chi connectivity index (χ2v) is 14.0. The molecule has 4 heteroatoms. The van der Waals surface area contributed by atoms with E-state index < -0.39 is 0 Å². The van der Waals surface area contributed by atoms with Crippen LogP contribution in [0.5, 0.6) is 0 Å². The van der Waals surface area contributed by atoms with Crippen molar-refractivity contribution in [3.63, 3.8) is 0 Å². The predicted octanol–water partition coefficient (Wildman–Crippen LogP) is 13.2. The monoisotopic (exact) mass is 666 g/mol. The van der Waals surface area contributed by atoms with Gasteiger partial charge in [0.1, 0.15) is 22.5 Å². The van der Waals surface area contributed by atoms with Gasteiger partial charge in [0.05, 0.1) is 27.5 Å². The lowest BCUT2D eigenvalue weighted by Gasteiger charge is -2.12. The van der Waals surface area contributed by atoms with Gasteiger partial charge in [-0.1, -0.05) is 84.9 Å². The molecular formula is C48H30N2O2. The van der Waals surface area contributed by atoms with Crippen LogP contribution in [-0.4, -0.2) is 9.13 Å². The zero-order valence-corrected chi connectivity index (χ0v) is 28.1. The topological polar surface area (TPSA) is 36.1 Å². The second-order valence-electron chi connectivity index (χ2n) is 14.0. The minimum Gasteiger partial charge on any atom is -0.456 e. The van der Waals surface area contributed by atoms with Crippen LogP contribution in [0.25, 0.3) is 105 Å². The molecule has 244 valence electrons. The normalized spacial score (nSPS) is 13.2. The molecule has 0 atom stereocenters. The Balaban J connectivity index is 1.19. The molecule has 0 N–H and O–H groups in total. The molecule has 4 nitrogen and oxygen atoms in total. The summed E-state index contributed by atoms with van der Waals surface area (Å²) in [5, 5.41) is 8.25. The van der Waals surface area contributed by atoms with Gasteiger partial charge >= 0.3 is 0 Å². The van der Waals surface area contributed by atoms with Crippen LogP contribution in [-0.2, 0) is 6.42 Å². The van der Waals surface area contributed by atoms with Gasteiger partial charge in [0.25, 0.3) is 0 Å². The Bertz CT molecular complexity index is 3290. The molecule has 12 rings (SSSR count). The first-order valence-electron chi connectivity index (χ1n) is 18.0. The van der Waals surface area contributed by atoms with Crippen molar-refractivity contribution in [1.29, 1.82) is 0 Å². The molecule has 7 aromatic carbocycles. The van der Waals surface area contributed by atoms with Crippen molar-refractivity contribution in [1.82, 2.24) is 9.13 Å². The van der Waals surface area contributed by atoms with Crippen molar-refractivity contribution in [2.45, 2.75) is 12.8 Å². The lowest BCUT2D eigenvalue weighted by atomic mass is 9.98. The average molecular weight is 667 g/mol. The minimum atomic E-state index is 0.891. The van der Waals surface area contributed by atoms with Crippen molar-refractivity contribution >= 4 is 82.6 Å². The molecule has 0 radical (unpaired) electrons. The summed E-state index contributed by atoms with van der Waals surface area (Å²) in [4.78, 5) is 0. The van der Waals surface area contributed by atoms with Gasteiger partial charge in [0.2, 0.25) is 0 Å². The maximum Gasteiger partial charge on any atom is 0.145 e. The fourth-order valence-corrected chi connectivity index (χ4v) is 8.93. The zero-order valence-electron chi connectivity index (χ0n) is 28.1. The van der Waals surface area contributed by atoms with E-state index >= 15 is 0 Å². The number of furan rings is 2. The Hall–Kier alpha value is -6.78. The molecule has 11 aromatic rings. The summed E-state index contributed by atoms with van der Waals surface area (Å²) in [6.07, 6.45) is 6.39. The van der Waals surface area contributed by atoms with E-state index in [1.54, 1.807) is 0 Å². The molecule has 4 heterocycles. The Morgan fingerprint density at radius 1 is 0.481 bits per heavy atom. The first kappa shape index (κ1) is 28.0. The number of aromatic nitrogens is 2. The molecule has 4 aromatic heterocycles. The summed E-state index contributed by atoms with van der Waals surface area (Å²) in [7, 11) is 0. The molecule has 0 saturated carbocycles. The van der Waals surface area contributed by atoms with Crippen molar-refractivity contribution in [3.8, 4) is 22.5 Å². The SMILES string of the molecule is C1=Cc2oc3c(ccc4c3c3cc(-c5cccc6c7ccccc7n(-c7ccccc7)c56)ccc3n4-c3ccc4oc5ccccc5c4c3)c2CC1. The quantitative estimate of drug-likeness (QED) is 0.188. The summed E-state index contributed by atoms with van der Waals surface area (Å²) in [5.74, 6) is 0.981. The number of allylic oxidation sites excluding steroid dienone is 1. The summed E-state index contributed by atoms with van der Waals surface area (Å²) in [6, 6.07) is 52.5. The highest BCUT2D eigenvalue weighted by atomic mass is 16.3. The lowest BCUT2D eigenvalue weighted by Crippen LogP contribution is -1.95. The van der Waals surface area contributed by atoms with E-state index in [1.165, 1.54) is 49.3 Å². The van der Waals surface area contributed by atoms with Crippen LogP contribution in [0.2, 0.25) is 0 Å². The van der Waals surface area contributed by atoms with Gasteiger partial charge in [-0.05, 0) is 91.2 Å². The molecule has 0 saturated heterocycles. The van der Waals surface area contributed by atoms with Gasteiger partial charge in [-0.2, -0.15) is 0 Å². The molecule has 0 fully saturated rings. The van der Waals surface area contributed by atoms with Gasteiger partial charge in [-0.15, -0.1) is 0 Å². The largest absolute Gasteiger partial charge is 0.456 e. The molecule has 0 unspecified atom stereocenters. The van der Waals surface area contributed by atoms with E-state index in [0.717, 1.165) is 73.9 Å². The summed E-state index contributed by atoms with van der Waals surface area (Å²) in [5.41, 5.74) is 13.3. The van der Waals surface area contributed by atoms with Gasteiger partial charge in [0.15, 0.2) is 0 Å². The predicted molar refractivity (Wildman–Crippen MR) is 215 cm³/mol. The Labute approximate surface area is 298 Å². The van der Waals surface area contributed by atoms with Crippen LogP contribution >= 0.6 is 0 Å². The third-order valence-corrected chi connectivity index (χ3v) is 11.2. The van der Waals surface area contributed by atoms with Gasteiger partial charge in [0, 0.05) is 54.8 Å². The summed E-state index contributed by atoms with van der Waals surface area (Å²) < 4.78 is 17.8. The van der Waals surface area contributed by atoms with Gasteiger partial charge < -0.3 is 18.0 Å². The highest BCUT2D eigenvalue weighted by Gasteiger charge is 2.23. The number of para-hydroxylation sites is 4. The molecule has 0 amide bonds. The van der Waals surface area contributed by atoms with E-state index in [9.17, 15) is 0 Å². The van der Waals surface area contributed by atoms with E-state index in [1.807, 2.05) is 12.1 Å². The van der Waals surface area contributed by atoms with E-state index in [4.69, 9.17) is 8.83 Å². The first-order chi connectivity index (χ1) is 25.8. The number of rotatable bonds is 3. The number of hydrogen-bond donors (Lipinski definition) is 0. The molecule has 0 bridgehead atoms. The lowest BCUT2D eigenvalue weighted by molar-refractivity contribution is 0.598. The van der Waals surface area contributed by atoms with Crippen LogP contribution in [0.3, 0.4) is 0 Å². The zero-order chi connectivity index (χ0) is 33.9. The number of nitrogens with zero attached hydrogens (tertiary/aromatic N) is 2. The van der Waals surface area contributed by atoms with Gasteiger partial charge in [-0.25, -0.2) is 0 Å². The number of aryl methyl sites for hydroxylation is 1. The molecule has 0 spiro atoms. The van der Waals surface area contributed by atoms with E-state index in [2.05, 4.69) is 155 Å². The second kappa shape index (κ2) is 10.4. The molecule has 52 heavy (non-hydrogen) atoms. The molecule has 0 aliphatic heterocycles. The van der Waals surface area contributed by atoms with Crippen LogP contribution < -0.4 is 0 Å². The third kappa shape index (κ3) is 3.76. The smallest absolute Gasteiger partial charge is 0.145 e. The van der Waals surface area contributed by atoms with Crippen LogP contribution in [0.15, 0.2) is 161 Å². The molecule has 1 aliphatic carbocycles. The van der Waals surface area contributed by atoms with Crippen molar-refractivity contribution in [2.24, 2.45) is 0 Å². The summed E-state index contributed by atoms with van der Waals surface area (Å²) >= 11 is 0. The molecule has 1 aliphatic rings. The minimum absolute atomic E-state index is 0.891. The first-order valence-corrected chi connectivity index (χ1v) is 18.0. The number of fused-ring (bicyclic) bond motifs is 13. The van der Waals surface area contributed by atoms with Crippen LogP contribution in [0.1, 0.15) is 17.7 Å². The maximum atomic E-state index is 6.79. The summed E-state index contributed by atoms with van der Waals surface area (Å²) in [6.45, 7) is 0. The van der Waals surface area contributed by atoms with Crippen molar-refractivity contribution in [3.05, 3.63) is 163 Å². The Kier molecular flexibility index (Phi) is 5.58. The fraction of sp³-hybridized carbons (Fsp3) is 0.0417. The number of benzene rings is 7. The maximum absolute atomic E-state index is 6.79. The highest BCUT2D eigenvalue weighted by Crippen LogP contribution is 2.44. The Morgan fingerprint density at radius 3 is 2.21 bits per heavy atom. The van der Waals surface area contributed by atoms with Gasteiger partial charge in [-0.3, -0.25) is 0 Å². The Morgan fingerprint density at radius 2 is 1.27 bits per heavy atom. The third-order valence-electron chi connectivity index (χ3n) is 11.2. The highest BCUT2D eigenvalue weighted by molar-refractivity contribution is 6.22. The van der Waals surface area contributed by atoms with Crippen LogP contribution in [0, 0.1) is 0 Å². The molecular weight excluding hydrogens is 637 g/mol. The fourth-order valence-electron chi connectivity index (χ4n) is 8.93. The van der Waals surface area contributed by atoms with E-state index in [0.29, 0.717) is 0 Å². The van der Waals surface area contributed by atoms with Crippen molar-refractivity contribution < 1.29 is 8.83 Å². The average Bonchev–Trinajstić information content (AvgIpc) is 3.95. The van der Waals surface area contributed by atoms with E-state index in [-0.39, 0.29) is 0 Å².